The van der Waals surface area contributed by atoms with Crippen molar-refractivity contribution in [1.29, 1.82) is 0 Å². The predicted octanol–water partition coefficient (Wildman–Crippen LogP) is 2.77. The van der Waals surface area contributed by atoms with Crippen molar-refractivity contribution < 1.29 is 19.1 Å². The Bertz CT molecular complexity index is 614. The van der Waals surface area contributed by atoms with Crippen LogP contribution < -0.4 is 15.4 Å². The fourth-order valence-electron chi connectivity index (χ4n) is 3.34. The summed E-state index contributed by atoms with van der Waals surface area (Å²) in [4.78, 5) is 25.5. The van der Waals surface area contributed by atoms with E-state index in [1.165, 1.54) is 6.42 Å². The summed E-state index contributed by atoms with van der Waals surface area (Å²) in [5.41, 5.74) is 0.697. The Kier molecular flexibility index (Phi) is 7.33. The first-order valence-corrected chi connectivity index (χ1v) is 9.88. The maximum absolute atomic E-state index is 12.0. The third-order valence-electron chi connectivity index (χ3n) is 4.91. The third-order valence-corrected chi connectivity index (χ3v) is 4.91. The molecule has 7 heteroatoms. The van der Waals surface area contributed by atoms with Crippen molar-refractivity contribution in [2.45, 2.75) is 44.6 Å². The van der Waals surface area contributed by atoms with Gasteiger partial charge < -0.3 is 25.0 Å². The molecule has 0 saturated carbocycles. The molecule has 27 heavy (non-hydrogen) atoms. The number of nitrogens with zero attached hydrogens (tertiary/aromatic N) is 1. The van der Waals surface area contributed by atoms with Crippen LogP contribution in [0.15, 0.2) is 24.3 Å². The molecule has 2 saturated heterocycles. The number of rotatable bonds is 7. The van der Waals surface area contributed by atoms with Crippen molar-refractivity contribution in [1.82, 2.24) is 10.2 Å². The van der Waals surface area contributed by atoms with Crippen LogP contribution in [0.5, 0.6) is 5.75 Å². The highest BCUT2D eigenvalue weighted by molar-refractivity contribution is 5.89. The topological polar surface area (TPSA) is 79.9 Å². The Labute approximate surface area is 160 Å². The molecule has 0 unspecified atom stereocenters. The van der Waals surface area contributed by atoms with Gasteiger partial charge in [0.25, 0.3) is 0 Å². The summed E-state index contributed by atoms with van der Waals surface area (Å²) in [5, 5.41) is 5.58. The number of benzene rings is 1. The molecule has 0 aliphatic carbocycles. The zero-order valence-corrected chi connectivity index (χ0v) is 15.7. The van der Waals surface area contributed by atoms with Crippen molar-refractivity contribution in [3.8, 4) is 5.75 Å². The molecule has 2 aliphatic heterocycles. The second-order valence-corrected chi connectivity index (χ2v) is 7.04. The molecule has 0 spiro atoms. The molecular formula is C20H29N3O4. The summed E-state index contributed by atoms with van der Waals surface area (Å²) >= 11 is 0. The first-order chi connectivity index (χ1) is 13.2. The zero-order chi connectivity index (χ0) is 18.9. The maximum atomic E-state index is 12.0. The molecule has 1 aromatic rings. The Morgan fingerprint density at radius 2 is 2.04 bits per heavy atom. The SMILES string of the molecule is O=C(NCCN1CCCCC1=O)Nc1ccc(OC[C@@H]2CCCCO2)cc1. The van der Waals surface area contributed by atoms with Gasteiger partial charge in [0, 0.05) is 38.3 Å². The van der Waals surface area contributed by atoms with Crippen LogP contribution in [0, 0.1) is 0 Å². The van der Waals surface area contributed by atoms with Crippen LogP contribution in [-0.4, -0.2) is 55.8 Å². The predicted molar refractivity (Wildman–Crippen MR) is 103 cm³/mol. The molecule has 1 atom stereocenters. The molecule has 2 N–H and O–H groups in total. The fraction of sp³-hybridized carbons (Fsp3) is 0.600. The van der Waals surface area contributed by atoms with Gasteiger partial charge in [-0.15, -0.1) is 0 Å². The molecule has 7 nitrogen and oxygen atoms in total. The Hall–Kier alpha value is -2.28. The van der Waals surface area contributed by atoms with Gasteiger partial charge in [-0.3, -0.25) is 4.79 Å². The monoisotopic (exact) mass is 375 g/mol. The van der Waals surface area contributed by atoms with Crippen LogP contribution in [0.4, 0.5) is 10.5 Å². The van der Waals surface area contributed by atoms with Crippen LogP contribution in [0.2, 0.25) is 0 Å². The summed E-state index contributed by atoms with van der Waals surface area (Å²) in [6.45, 7) is 3.16. The van der Waals surface area contributed by atoms with E-state index in [0.29, 0.717) is 31.8 Å². The second kappa shape index (κ2) is 10.2. The summed E-state index contributed by atoms with van der Waals surface area (Å²) in [6, 6.07) is 7.02. The molecule has 3 rings (SSSR count). The number of carbonyl (C=O) groups excluding carboxylic acids is 2. The molecule has 0 radical (unpaired) electrons. The minimum absolute atomic E-state index is 0.175. The summed E-state index contributed by atoms with van der Waals surface area (Å²) in [6.07, 6.45) is 6.17. The molecule has 2 fully saturated rings. The molecule has 0 aromatic heterocycles. The van der Waals surface area contributed by atoms with Crippen molar-refractivity contribution in [2.75, 3.05) is 38.2 Å². The van der Waals surface area contributed by atoms with Gasteiger partial charge in [-0.05, 0) is 56.4 Å². The van der Waals surface area contributed by atoms with Gasteiger partial charge >= 0.3 is 6.03 Å². The van der Waals surface area contributed by atoms with Gasteiger partial charge in [0.15, 0.2) is 0 Å². The van der Waals surface area contributed by atoms with E-state index in [0.717, 1.165) is 44.6 Å². The minimum atomic E-state index is -0.274. The highest BCUT2D eigenvalue weighted by atomic mass is 16.5. The quantitative estimate of drug-likeness (QED) is 0.768. The third kappa shape index (κ3) is 6.43. The molecule has 2 aliphatic rings. The Balaban J connectivity index is 1.34. The number of hydrogen-bond acceptors (Lipinski definition) is 4. The highest BCUT2D eigenvalue weighted by Gasteiger charge is 2.17. The zero-order valence-electron chi connectivity index (χ0n) is 15.7. The molecule has 3 amide bonds. The normalized spacial score (nSPS) is 20.2. The van der Waals surface area contributed by atoms with Gasteiger partial charge in [-0.2, -0.15) is 0 Å². The average molecular weight is 375 g/mol. The van der Waals surface area contributed by atoms with E-state index in [9.17, 15) is 9.59 Å². The standard InChI is InChI=1S/C20H29N3O4/c24-19-6-1-3-12-23(19)13-11-21-20(25)22-16-7-9-17(10-8-16)27-15-18-5-2-4-14-26-18/h7-10,18H,1-6,11-15H2,(H2,21,22,25)/t18-/m0/s1. The lowest BCUT2D eigenvalue weighted by molar-refractivity contribution is -0.133. The lowest BCUT2D eigenvalue weighted by Gasteiger charge is -2.26. The van der Waals surface area contributed by atoms with E-state index >= 15 is 0 Å². The number of nitrogens with one attached hydrogen (secondary N) is 2. The van der Waals surface area contributed by atoms with Crippen molar-refractivity contribution in [3.05, 3.63) is 24.3 Å². The van der Waals surface area contributed by atoms with Gasteiger partial charge in [-0.1, -0.05) is 0 Å². The number of carbonyl (C=O) groups is 2. The Morgan fingerprint density at radius 1 is 1.19 bits per heavy atom. The van der Waals surface area contributed by atoms with Crippen LogP contribution in [-0.2, 0) is 9.53 Å². The first kappa shape index (κ1) is 19.5. The molecule has 1 aromatic carbocycles. The lowest BCUT2D eigenvalue weighted by Crippen LogP contribution is -2.41. The van der Waals surface area contributed by atoms with Crippen molar-refractivity contribution in [2.24, 2.45) is 0 Å². The number of likely N-dealkylation sites (tertiary alicyclic amines) is 1. The van der Waals surface area contributed by atoms with Crippen LogP contribution in [0.3, 0.4) is 0 Å². The maximum Gasteiger partial charge on any atom is 0.319 e. The molecule has 2 heterocycles. The average Bonchev–Trinajstić information content (AvgIpc) is 2.70. The molecule has 0 bridgehead atoms. The van der Waals surface area contributed by atoms with Crippen LogP contribution in [0.1, 0.15) is 38.5 Å². The first-order valence-electron chi connectivity index (χ1n) is 9.88. The minimum Gasteiger partial charge on any atom is -0.491 e. The van der Waals surface area contributed by atoms with E-state index in [2.05, 4.69) is 10.6 Å². The Morgan fingerprint density at radius 3 is 2.78 bits per heavy atom. The van der Waals surface area contributed by atoms with Gasteiger partial charge in [0.1, 0.15) is 12.4 Å². The van der Waals surface area contributed by atoms with Crippen molar-refractivity contribution >= 4 is 17.6 Å². The molecule has 148 valence electrons. The van der Waals surface area contributed by atoms with Gasteiger partial charge in [-0.25, -0.2) is 4.79 Å². The second-order valence-electron chi connectivity index (χ2n) is 7.04. The van der Waals surface area contributed by atoms with Crippen LogP contribution in [0.25, 0.3) is 0 Å². The number of hydrogen-bond donors (Lipinski definition) is 2. The lowest BCUT2D eigenvalue weighted by atomic mass is 10.1. The van der Waals surface area contributed by atoms with Crippen molar-refractivity contribution in [3.63, 3.8) is 0 Å². The van der Waals surface area contributed by atoms with E-state index < -0.39 is 0 Å². The smallest absolute Gasteiger partial charge is 0.319 e. The van der Waals surface area contributed by atoms with Gasteiger partial charge in [0.05, 0.1) is 6.10 Å². The number of urea groups is 1. The number of piperidine rings is 1. The van der Waals surface area contributed by atoms with E-state index in [1.807, 2.05) is 29.2 Å². The number of ether oxygens (including phenoxy) is 2. The summed E-state index contributed by atoms with van der Waals surface area (Å²) in [7, 11) is 0. The van der Waals surface area contributed by atoms with E-state index in [4.69, 9.17) is 9.47 Å². The number of amides is 3. The summed E-state index contributed by atoms with van der Waals surface area (Å²) in [5.74, 6) is 0.941. The molecular weight excluding hydrogens is 346 g/mol. The van der Waals surface area contributed by atoms with Gasteiger partial charge in [0.2, 0.25) is 5.91 Å². The number of anilines is 1. The fourth-order valence-corrected chi connectivity index (χ4v) is 3.34. The van der Waals surface area contributed by atoms with Crippen LogP contribution >= 0.6 is 0 Å². The summed E-state index contributed by atoms with van der Waals surface area (Å²) < 4.78 is 11.4. The van der Waals surface area contributed by atoms with E-state index in [-0.39, 0.29) is 18.0 Å². The van der Waals surface area contributed by atoms with E-state index in [1.54, 1.807) is 0 Å². The highest BCUT2D eigenvalue weighted by Crippen LogP contribution is 2.18. The largest absolute Gasteiger partial charge is 0.491 e.